The number of nitro groups is 1. The number of ether oxygens (including phenoxy) is 2. The van der Waals surface area contributed by atoms with Crippen molar-refractivity contribution in [2.24, 2.45) is 5.92 Å². The molecule has 2 fully saturated rings. The molecule has 2 aliphatic rings. The Morgan fingerprint density at radius 3 is 2.41 bits per heavy atom. The molecule has 4 rings (SSSR count). The molecule has 8 heteroatoms. The molecule has 150 valence electrons. The van der Waals surface area contributed by atoms with Gasteiger partial charge in [0.05, 0.1) is 10.5 Å². The molecular formula is C21H20N2O6. The number of nitro benzene ring substituents is 1. The maximum absolute atomic E-state index is 12.4. The van der Waals surface area contributed by atoms with E-state index >= 15 is 0 Å². The summed E-state index contributed by atoms with van der Waals surface area (Å²) in [6, 6.07) is 14.8. The Labute approximate surface area is 167 Å². The SMILES string of the molecule is O=C(O[C@@H]1C[C@H]2C[C@@H]1CN2C(=O)OCc1ccccc1)c1ccc([N+](=O)[O-])cc1. The lowest BCUT2D eigenvalue weighted by Crippen LogP contribution is -2.43. The summed E-state index contributed by atoms with van der Waals surface area (Å²) in [6.45, 7) is 0.725. The number of rotatable bonds is 5. The summed E-state index contributed by atoms with van der Waals surface area (Å²) in [4.78, 5) is 36.6. The Morgan fingerprint density at radius 2 is 1.79 bits per heavy atom. The number of amides is 1. The Bertz CT molecular complexity index is 915. The maximum Gasteiger partial charge on any atom is 0.410 e. The lowest BCUT2D eigenvalue weighted by Gasteiger charge is -2.30. The molecule has 8 nitrogen and oxygen atoms in total. The van der Waals surface area contributed by atoms with Gasteiger partial charge in [-0.15, -0.1) is 0 Å². The Morgan fingerprint density at radius 1 is 1.07 bits per heavy atom. The Balaban J connectivity index is 1.29. The van der Waals surface area contributed by atoms with Crippen LogP contribution >= 0.6 is 0 Å². The van der Waals surface area contributed by atoms with Crippen molar-refractivity contribution in [2.45, 2.75) is 31.6 Å². The number of benzene rings is 2. The van der Waals surface area contributed by atoms with Crippen molar-refractivity contribution in [1.82, 2.24) is 4.90 Å². The van der Waals surface area contributed by atoms with E-state index in [1.54, 1.807) is 4.90 Å². The highest BCUT2D eigenvalue weighted by molar-refractivity contribution is 5.89. The first-order valence-corrected chi connectivity index (χ1v) is 9.44. The number of esters is 1. The van der Waals surface area contributed by atoms with Crippen molar-refractivity contribution < 1.29 is 24.0 Å². The zero-order valence-corrected chi connectivity index (χ0v) is 15.6. The third kappa shape index (κ3) is 4.06. The summed E-state index contributed by atoms with van der Waals surface area (Å²) in [5.74, 6) is -0.429. The Kier molecular flexibility index (Phi) is 5.16. The van der Waals surface area contributed by atoms with E-state index in [0.717, 1.165) is 12.0 Å². The van der Waals surface area contributed by atoms with Gasteiger partial charge in [0.2, 0.25) is 0 Å². The van der Waals surface area contributed by atoms with Gasteiger partial charge in [-0.2, -0.15) is 0 Å². The second-order valence-electron chi connectivity index (χ2n) is 7.33. The highest BCUT2D eigenvalue weighted by atomic mass is 16.6. The first-order chi connectivity index (χ1) is 14.0. The van der Waals surface area contributed by atoms with Crippen LogP contribution in [0.25, 0.3) is 0 Å². The van der Waals surface area contributed by atoms with Crippen LogP contribution in [-0.4, -0.2) is 40.6 Å². The number of hydrogen-bond acceptors (Lipinski definition) is 6. The molecule has 1 saturated carbocycles. The van der Waals surface area contributed by atoms with Gasteiger partial charge in [0.25, 0.3) is 5.69 Å². The van der Waals surface area contributed by atoms with E-state index in [0.29, 0.717) is 13.0 Å². The van der Waals surface area contributed by atoms with Gasteiger partial charge in [0.1, 0.15) is 12.7 Å². The lowest BCUT2D eigenvalue weighted by molar-refractivity contribution is -0.384. The highest BCUT2D eigenvalue weighted by Crippen LogP contribution is 2.40. The summed E-state index contributed by atoms with van der Waals surface area (Å²) in [6.07, 6.45) is 0.741. The molecule has 1 saturated heterocycles. The Hall–Kier alpha value is -3.42. The van der Waals surface area contributed by atoms with Crippen molar-refractivity contribution >= 4 is 17.7 Å². The maximum atomic E-state index is 12.4. The predicted molar refractivity (Wildman–Crippen MR) is 102 cm³/mol. The van der Waals surface area contributed by atoms with Crippen LogP contribution in [0.1, 0.15) is 28.8 Å². The molecule has 2 aromatic carbocycles. The molecule has 0 unspecified atom stereocenters. The number of fused-ring (bicyclic) bond motifs is 2. The van der Waals surface area contributed by atoms with Gasteiger partial charge < -0.3 is 14.4 Å². The van der Waals surface area contributed by atoms with Crippen LogP contribution in [0, 0.1) is 16.0 Å². The predicted octanol–water partition coefficient (Wildman–Crippen LogP) is 3.55. The van der Waals surface area contributed by atoms with Crippen LogP contribution in [0.2, 0.25) is 0 Å². The average Bonchev–Trinajstić information content (AvgIpc) is 3.33. The van der Waals surface area contributed by atoms with Gasteiger partial charge in [0, 0.05) is 37.1 Å². The fraction of sp³-hybridized carbons (Fsp3) is 0.333. The number of piperidine rings is 1. The number of hydrogen-bond donors (Lipinski definition) is 0. The van der Waals surface area contributed by atoms with Crippen LogP contribution in [0.15, 0.2) is 54.6 Å². The molecule has 2 aromatic rings. The first kappa shape index (κ1) is 18.9. The fourth-order valence-electron chi connectivity index (χ4n) is 4.00. The molecule has 3 atom stereocenters. The molecule has 2 bridgehead atoms. The van der Waals surface area contributed by atoms with E-state index in [-0.39, 0.29) is 42.0 Å². The largest absolute Gasteiger partial charge is 0.458 e. The molecule has 29 heavy (non-hydrogen) atoms. The number of carbonyl (C=O) groups is 2. The van der Waals surface area contributed by atoms with Crippen molar-refractivity contribution in [3.05, 3.63) is 75.8 Å². The van der Waals surface area contributed by atoms with Crippen LogP contribution < -0.4 is 0 Å². The van der Waals surface area contributed by atoms with E-state index in [4.69, 9.17) is 9.47 Å². The van der Waals surface area contributed by atoms with E-state index in [1.165, 1.54) is 24.3 Å². The second kappa shape index (κ2) is 7.90. The number of nitrogens with zero attached hydrogens (tertiary/aromatic N) is 2. The standard InChI is InChI=1S/C21H20N2O6/c24-20(15-6-8-17(9-7-15)23(26)27)29-19-11-18-10-16(19)12-22(18)21(25)28-13-14-4-2-1-3-5-14/h1-9,16,18-19H,10-13H2/t16-,18-,19-/m1/s1. The van der Waals surface area contributed by atoms with E-state index in [1.807, 2.05) is 30.3 Å². The first-order valence-electron chi connectivity index (χ1n) is 9.44. The van der Waals surface area contributed by atoms with Crippen LogP contribution in [0.4, 0.5) is 10.5 Å². The summed E-state index contributed by atoms with van der Waals surface area (Å²) < 4.78 is 11.0. The fourth-order valence-corrected chi connectivity index (χ4v) is 4.00. The van der Waals surface area contributed by atoms with Crippen molar-refractivity contribution in [1.29, 1.82) is 0 Å². The zero-order valence-electron chi connectivity index (χ0n) is 15.6. The molecule has 1 aliphatic heterocycles. The summed E-state index contributed by atoms with van der Waals surface area (Å²) in [5.41, 5.74) is 1.13. The normalized spacial score (nSPS) is 22.3. The van der Waals surface area contributed by atoms with Crippen molar-refractivity contribution in [2.75, 3.05) is 6.54 Å². The minimum absolute atomic E-state index is 0.00191. The zero-order chi connectivity index (χ0) is 20.4. The second-order valence-corrected chi connectivity index (χ2v) is 7.33. The van der Waals surface area contributed by atoms with E-state index < -0.39 is 10.9 Å². The molecule has 0 radical (unpaired) electrons. The molecule has 0 aromatic heterocycles. The minimum Gasteiger partial charge on any atom is -0.458 e. The van der Waals surface area contributed by atoms with E-state index in [2.05, 4.69) is 0 Å². The summed E-state index contributed by atoms with van der Waals surface area (Å²) in [5, 5.41) is 10.7. The van der Waals surface area contributed by atoms with E-state index in [9.17, 15) is 19.7 Å². The minimum atomic E-state index is -0.517. The quantitative estimate of drug-likeness (QED) is 0.435. The average molecular weight is 396 g/mol. The number of likely N-dealkylation sites (tertiary alicyclic amines) is 1. The number of non-ortho nitro benzene ring substituents is 1. The van der Waals surface area contributed by atoms with Crippen LogP contribution in [-0.2, 0) is 16.1 Å². The molecule has 0 N–H and O–H groups in total. The summed E-state index contributed by atoms with van der Waals surface area (Å²) in [7, 11) is 0. The van der Waals surface area contributed by atoms with Gasteiger partial charge in [-0.25, -0.2) is 9.59 Å². The lowest BCUT2D eigenvalue weighted by atomic mass is 10.1. The van der Waals surface area contributed by atoms with Crippen molar-refractivity contribution in [3.63, 3.8) is 0 Å². The number of carbonyl (C=O) groups excluding carboxylic acids is 2. The van der Waals surface area contributed by atoms with Gasteiger partial charge >= 0.3 is 12.1 Å². The highest BCUT2D eigenvalue weighted by Gasteiger charge is 2.48. The third-order valence-corrected chi connectivity index (χ3v) is 5.49. The third-order valence-electron chi connectivity index (χ3n) is 5.49. The molecule has 1 heterocycles. The molecule has 0 spiro atoms. The van der Waals surface area contributed by atoms with Crippen LogP contribution in [0.5, 0.6) is 0 Å². The van der Waals surface area contributed by atoms with Crippen molar-refractivity contribution in [3.8, 4) is 0 Å². The molecule has 1 aliphatic carbocycles. The van der Waals surface area contributed by atoms with Gasteiger partial charge in [0.15, 0.2) is 0 Å². The smallest absolute Gasteiger partial charge is 0.410 e. The monoisotopic (exact) mass is 396 g/mol. The van der Waals surface area contributed by atoms with Crippen LogP contribution in [0.3, 0.4) is 0 Å². The molecular weight excluding hydrogens is 376 g/mol. The van der Waals surface area contributed by atoms with Gasteiger partial charge in [-0.3, -0.25) is 10.1 Å². The topological polar surface area (TPSA) is 99.0 Å². The summed E-state index contributed by atoms with van der Waals surface area (Å²) >= 11 is 0. The molecule has 1 amide bonds. The van der Waals surface area contributed by atoms with Gasteiger partial charge in [-0.05, 0) is 24.1 Å². The van der Waals surface area contributed by atoms with Gasteiger partial charge in [-0.1, -0.05) is 30.3 Å².